The Hall–Kier alpha value is -1.00. The van der Waals surface area contributed by atoms with Gasteiger partial charge in [-0.1, -0.05) is 18.6 Å². The largest absolute Gasteiger partial charge is 0.364 e. The Morgan fingerprint density at radius 2 is 1.82 bits per heavy atom. The summed E-state index contributed by atoms with van der Waals surface area (Å²) in [6.45, 7) is 12.8. The first-order valence-electron chi connectivity index (χ1n) is 9.00. The topological polar surface area (TPSA) is 21.8 Å². The molecule has 0 amide bonds. The Morgan fingerprint density at radius 3 is 2.50 bits per heavy atom. The molecule has 0 spiro atoms. The molecule has 3 heterocycles. The minimum absolute atomic E-state index is 0.442. The van der Waals surface area contributed by atoms with Gasteiger partial charge in [-0.25, -0.2) is 0 Å². The summed E-state index contributed by atoms with van der Waals surface area (Å²) in [7, 11) is 0. The van der Waals surface area contributed by atoms with Crippen molar-refractivity contribution in [2.75, 3.05) is 45.8 Å². The van der Waals surface area contributed by atoms with Gasteiger partial charge in [0.1, 0.15) is 5.82 Å². The summed E-state index contributed by atoms with van der Waals surface area (Å²) >= 11 is 0. The summed E-state index contributed by atoms with van der Waals surface area (Å²) in [4.78, 5) is 7.62. The van der Waals surface area contributed by atoms with Crippen molar-refractivity contribution in [1.82, 2.24) is 20.0 Å². The molecule has 1 atom stereocenters. The lowest BCUT2D eigenvalue weighted by Gasteiger charge is -2.41. The Balaban J connectivity index is 1.48. The monoisotopic (exact) mass is 303 g/mol. The van der Waals surface area contributed by atoms with Gasteiger partial charge in [0.05, 0.1) is 6.04 Å². The van der Waals surface area contributed by atoms with Crippen LogP contribution in [0.25, 0.3) is 0 Å². The number of hydrogen-bond acceptors (Lipinski definition) is 4. The maximum Gasteiger partial charge on any atom is 0.110 e. The van der Waals surface area contributed by atoms with Gasteiger partial charge in [-0.3, -0.25) is 4.90 Å². The van der Waals surface area contributed by atoms with Crippen molar-refractivity contribution in [3.05, 3.63) is 24.0 Å². The van der Waals surface area contributed by atoms with Crippen LogP contribution in [0.3, 0.4) is 0 Å². The average molecular weight is 303 g/mol. The molecule has 123 valence electrons. The molecule has 3 rings (SSSR count). The maximum absolute atomic E-state index is 3.70. The highest BCUT2D eigenvalue weighted by Gasteiger charge is 2.23. The molecule has 3 aliphatic heterocycles. The normalized spacial score (nSPS) is 27.9. The van der Waals surface area contributed by atoms with Gasteiger partial charge in [0, 0.05) is 44.8 Å². The quantitative estimate of drug-likeness (QED) is 0.853. The predicted molar refractivity (Wildman–Crippen MR) is 91.4 cm³/mol. The number of nitrogens with one attached hydrogen (secondary N) is 1. The third-order valence-electron chi connectivity index (χ3n) is 5.14. The number of dihydropyridines is 1. The summed E-state index contributed by atoms with van der Waals surface area (Å²) in [6.07, 6.45) is 11.9. The SMILES string of the molecule is CC(C)N1CCN(C2=[C]C=CC(CN3CCCCC3)N2)CC1. The van der Waals surface area contributed by atoms with E-state index in [1.54, 1.807) is 0 Å². The van der Waals surface area contributed by atoms with Crippen LogP contribution >= 0.6 is 0 Å². The molecule has 0 saturated carbocycles. The molecule has 1 N–H and O–H groups in total. The summed E-state index contributed by atoms with van der Waals surface area (Å²) in [6, 6.07) is 1.10. The average Bonchev–Trinajstić information content (AvgIpc) is 2.56. The van der Waals surface area contributed by atoms with E-state index in [1.807, 2.05) is 0 Å². The van der Waals surface area contributed by atoms with Crippen molar-refractivity contribution in [1.29, 1.82) is 0 Å². The van der Waals surface area contributed by atoms with Gasteiger partial charge in [0.15, 0.2) is 0 Å². The lowest BCUT2D eigenvalue weighted by molar-refractivity contribution is 0.122. The zero-order valence-corrected chi connectivity index (χ0v) is 14.2. The van der Waals surface area contributed by atoms with Crippen LogP contribution < -0.4 is 5.32 Å². The molecule has 0 aromatic rings. The minimum atomic E-state index is 0.442. The van der Waals surface area contributed by atoms with E-state index in [0.717, 1.165) is 32.7 Å². The van der Waals surface area contributed by atoms with Crippen LogP contribution in [-0.2, 0) is 0 Å². The van der Waals surface area contributed by atoms with Crippen LogP contribution in [0.2, 0.25) is 0 Å². The van der Waals surface area contributed by atoms with Gasteiger partial charge in [-0.2, -0.15) is 0 Å². The van der Waals surface area contributed by atoms with Crippen molar-refractivity contribution in [3.8, 4) is 0 Å². The Labute approximate surface area is 135 Å². The standard InChI is InChI=1S/C18H31N4/c1-16(2)21-11-13-22(14-12-21)18-8-6-7-17(19-18)15-20-9-4-3-5-10-20/h6-7,16-17,19H,3-5,9-15H2,1-2H3. The van der Waals surface area contributed by atoms with E-state index in [9.17, 15) is 0 Å². The van der Waals surface area contributed by atoms with Gasteiger partial charge >= 0.3 is 0 Å². The Morgan fingerprint density at radius 1 is 1.09 bits per heavy atom. The number of piperazine rings is 1. The number of hydrogen-bond donors (Lipinski definition) is 1. The molecule has 0 aromatic carbocycles. The van der Waals surface area contributed by atoms with Crippen molar-refractivity contribution in [2.45, 2.75) is 45.2 Å². The van der Waals surface area contributed by atoms with Crippen LogP contribution in [0.5, 0.6) is 0 Å². The Kier molecular flexibility index (Phi) is 5.42. The molecule has 2 fully saturated rings. The zero-order chi connectivity index (χ0) is 15.4. The molecule has 3 aliphatic rings. The highest BCUT2D eigenvalue weighted by Crippen LogP contribution is 2.15. The molecular formula is C18H31N4. The van der Waals surface area contributed by atoms with Crippen LogP contribution in [0, 0.1) is 6.08 Å². The van der Waals surface area contributed by atoms with Gasteiger partial charge in [-0.05, 0) is 39.8 Å². The first kappa shape index (κ1) is 15.9. The first-order valence-corrected chi connectivity index (χ1v) is 9.00. The van der Waals surface area contributed by atoms with Crippen LogP contribution in [0.4, 0.5) is 0 Å². The van der Waals surface area contributed by atoms with Crippen molar-refractivity contribution in [3.63, 3.8) is 0 Å². The van der Waals surface area contributed by atoms with Crippen LogP contribution in [0.1, 0.15) is 33.1 Å². The fourth-order valence-corrected chi connectivity index (χ4v) is 3.68. The van der Waals surface area contributed by atoms with E-state index >= 15 is 0 Å². The molecule has 4 nitrogen and oxygen atoms in total. The zero-order valence-electron chi connectivity index (χ0n) is 14.2. The third-order valence-corrected chi connectivity index (χ3v) is 5.14. The van der Waals surface area contributed by atoms with E-state index in [1.165, 1.54) is 38.2 Å². The fourth-order valence-electron chi connectivity index (χ4n) is 3.68. The molecule has 2 saturated heterocycles. The first-order chi connectivity index (χ1) is 10.7. The van der Waals surface area contributed by atoms with E-state index < -0.39 is 0 Å². The highest BCUT2D eigenvalue weighted by molar-refractivity contribution is 5.15. The predicted octanol–water partition coefficient (Wildman–Crippen LogP) is 1.67. The lowest BCUT2D eigenvalue weighted by atomic mass is 10.1. The van der Waals surface area contributed by atoms with Crippen molar-refractivity contribution >= 4 is 0 Å². The summed E-state index contributed by atoms with van der Waals surface area (Å²) in [5, 5.41) is 3.70. The maximum atomic E-state index is 3.70. The van der Waals surface area contributed by atoms with E-state index in [4.69, 9.17) is 0 Å². The molecular weight excluding hydrogens is 272 g/mol. The smallest absolute Gasteiger partial charge is 0.110 e. The van der Waals surface area contributed by atoms with E-state index in [2.05, 4.69) is 52.1 Å². The highest BCUT2D eigenvalue weighted by atomic mass is 15.3. The lowest BCUT2D eigenvalue weighted by Crippen LogP contribution is -2.52. The minimum Gasteiger partial charge on any atom is -0.364 e. The van der Waals surface area contributed by atoms with Gasteiger partial charge < -0.3 is 15.1 Å². The molecule has 22 heavy (non-hydrogen) atoms. The van der Waals surface area contributed by atoms with Crippen molar-refractivity contribution < 1.29 is 0 Å². The second-order valence-corrected chi connectivity index (χ2v) is 7.08. The molecule has 0 aromatic heterocycles. The fraction of sp³-hybridized carbons (Fsp3) is 0.778. The van der Waals surface area contributed by atoms with Gasteiger partial charge in [0.2, 0.25) is 0 Å². The molecule has 0 aliphatic carbocycles. The van der Waals surface area contributed by atoms with Crippen LogP contribution in [-0.4, -0.2) is 72.6 Å². The molecule has 1 unspecified atom stereocenters. The van der Waals surface area contributed by atoms with Gasteiger partial charge in [-0.15, -0.1) is 0 Å². The summed E-state index contributed by atoms with van der Waals surface area (Å²) in [5.74, 6) is 1.20. The number of nitrogens with zero attached hydrogens (tertiary/aromatic N) is 3. The molecule has 1 radical (unpaired) electrons. The molecule has 0 bridgehead atoms. The number of allylic oxidation sites excluding steroid dienone is 2. The molecule has 4 heteroatoms. The number of piperidine rings is 1. The Bertz CT molecular complexity index is 401. The number of likely N-dealkylation sites (tertiary alicyclic amines) is 1. The second kappa shape index (κ2) is 7.51. The van der Waals surface area contributed by atoms with Crippen LogP contribution in [0.15, 0.2) is 18.0 Å². The number of rotatable bonds is 4. The third kappa shape index (κ3) is 4.05. The van der Waals surface area contributed by atoms with E-state index in [0.29, 0.717) is 12.1 Å². The summed E-state index contributed by atoms with van der Waals surface area (Å²) < 4.78 is 0. The van der Waals surface area contributed by atoms with Gasteiger partial charge in [0.25, 0.3) is 0 Å². The van der Waals surface area contributed by atoms with E-state index in [-0.39, 0.29) is 0 Å². The second-order valence-electron chi connectivity index (χ2n) is 7.08. The van der Waals surface area contributed by atoms with Crippen molar-refractivity contribution in [2.24, 2.45) is 0 Å². The summed E-state index contributed by atoms with van der Waals surface area (Å²) in [5.41, 5.74) is 0.